The first-order valence-electron chi connectivity index (χ1n) is 5.65. The lowest BCUT2D eigenvalue weighted by atomic mass is 10.1. The van der Waals surface area contributed by atoms with Gasteiger partial charge in [0.1, 0.15) is 18.3 Å². The van der Waals surface area contributed by atoms with E-state index in [1.54, 1.807) is 0 Å². The molecule has 0 bridgehead atoms. The molecule has 8 heteroatoms. The van der Waals surface area contributed by atoms with Gasteiger partial charge < -0.3 is 14.9 Å². The van der Waals surface area contributed by atoms with Crippen molar-refractivity contribution in [2.24, 2.45) is 0 Å². The second-order valence-corrected chi connectivity index (χ2v) is 4.63. The summed E-state index contributed by atoms with van der Waals surface area (Å²) < 4.78 is 9.06. The van der Waals surface area contributed by atoms with Crippen LogP contribution in [0.5, 0.6) is 0 Å². The van der Waals surface area contributed by atoms with E-state index in [-0.39, 0.29) is 0 Å². The van der Waals surface area contributed by atoms with Gasteiger partial charge in [0, 0.05) is 34.9 Å². The van der Waals surface area contributed by atoms with Crippen LogP contribution in [0, 0.1) is 9.85 Å². The quantitative estimate of drug-likeness (QED) is 0.449. The summed E-state index contributed by atoms with van der Waals surface area (Å²) in [4.78, 5) is 24.7. The summed E-state index contributed by atoms with van der Waals surface area (Å²) >= 11 is 1.86. The molecule has 0 saturated carbocycles. The van der Waals surface area contributed by atoms with Gasteiger partial charge in [-0.25, -0.2) is 4.79 Å². The summed E-state index contributed by atoms with van der Waals surface area (Å²) in [5.41, 5.74) is -1.27. The Kier molecular flexibility index (Phi) is 4.77. The van der Waals surface area contributed by atoms with Crippen molar-refractivity contribution in [3.05, 3.63) is 45.3 Å². The first-order valence-corrected chi connectivity index (χ1v) is 6.73. The average Bonchev–Trinajstić information content (AvgIpc) is 2.68. The number of hydrogen-bond donors (Lipinski definition) is 3. The zero-order valence-corrected chi connectivity index (χ0v) is 12.2. The van der Waals surface area contributed by atoms with Gasteiger partial charge in [0.15, 0.2) is 6.23 Å². The van der Waals surface area contributed by atoms with Crippen LogP contribution in [0.2, 0.25) is 0 Å². The van der Waals surface area contributed by atoms with Crippen molar-refractivity contribution in [1.82, 2.24) is 9.55 Å². The molecule has 7 nitrogen and oxygen atoms in total. The molecule has 2 rings (SSSR count). The molecule has 20 heavy (non-hydrogen) atoms. The van der Waals surface area contributed by atoms with E-state index < -0.39 is 35.8 Å². The number of aromatic amines is 1. The van der Waals surface area contributed by atoms with E-state index in [9.17, 15) is 19.8 Å². The molecular weight excluding hydrogens is 379 g/mol. The molecule has 106 valence electrons. The van der Waals surface area contributed by atoms with Crippen LogP contribution >= 0.6 is 22.6 Å². The van der Waals surface area contributed by atoms with Gasteiger partial charge in [0.05, 0.1) is 0 Å². The van der Waals surface area contributed by atoms with Gasteiger partial charge in [0.25, 0.3) is 5.56 Å². The molecule has 1 aliphatic rings. The van der Waals surface area contributed by atoms with E-state index in [1.165, 1.54) is 18.3 Å². The average molecular weight is 390 g/mol. The lowest BCUT2D eigenvalue weighted by Crippen LogP contribution is -2.37. The van der Waals surface area contributed by atoms with Crippen molar-refractivity contribution < 1.29 is 14.9 Å². The second kappa shape index (κ2) is 6.36. The van der Waals surface area contributed by atoms with Crippen LogP contribution in [0.15, 0.2) is 34.0 Å². The molecule has 0 amide bonds. The molecule has 2 heterocycles. The molecule has 0 aliphatic carbocycles. The molecule has 1 saturated heterocycles. The maximum Gasteiger partial charge on any atom is 0.330 e. The number of H-pyrrole nitrogens is 1. The van der Waals surface area contributed by atoms with Gasteiger partial charge in [-0.15, -0.1) is 0 Å². The number of allylic oxidation sites excluding steroid dienone is 1. The minimum Gasteiger partial charge on any atom is -0.387 e. The molecule has 1 aliphatic heterocycles. The lowest BCUT2D eigenvalue weighted by molar-refractivity contribution is -0.0297. The topological polar surface area (TPSA) is 105 Å². The SMILES string of the molecule is O=c1ccn([C@@H]2O[C@H](/C=C/C#CI)[C@@H](O)[C@H]2O)c(=O)[nH]1. The lowest BCUT2D eigenvalue weighted by Gasteiger charge is -2.16. The predicted molar refractivity (Wildman–Crippen MR) is 78.2 cm³/mol. The number of rotatable bonds is 2. The number of nitrogens with zero attached hydrogens (tertiary/aromatic N) is 1. The summed E-state index contributed by atoms with van der Waals surface area (Å²) in [6.45, 7) is 0. The number of aliphatic hydroxyl groups excluding tert-OH is 2. The number of ether oxygens (including phenoxy) is 1. The molecule has 0 unspecified atom stereocenters. The van der Waals surface area contributed by atoms with Crippen molar-refractivity contribution in [1.29, 1.82) is 0 Å². The molecule has 1 aromatic heterocycles. The standard InChI is InChI=1S/C12H11IN2O5/c13-5-2-1-3-7-9(17)10(18)11(20-7)15-6-4-8(16)14-12(15)19/h1,3-4,6-7,9-11,17-18H,(H,14,16,19)/b3-1+/t7-,9-,10-,11-/m1/s1. The number of nitrogens with one attached hydrogen (secondary N) is 1. The van der Waals surface area contributed by atoms with Gasteiger partial charge in [-0.05, 0) is 16.1 Å². The van der Waals surface area contributed by atoms with E-state index in [2.05, 4.69) is 14.8 Å². The molecular formula is C12H11IN2O5. The molecule has 1 fully saturated rings. The maximum absolute atomic E-state index is 11.6. The Morgan fingerprint density at radius 2 is 2.15 bits per heavy atom. The molecule has 0 spiro atoms. The van der Waals surface area contributed by atoms with Crippen LogP contribution in [-0.2, 0) is 4.74 Å². The number of hydrogen-bond acceptors (Lipinski definition) is 5. The molecule has 0 aromatic carbocycles. The summed E-state index contributed by atoms with van der Waals surface area (Å²) in [6, 6.07) is 1.13. The number of halogens is 1. The normalized spacial score (nSPS) is 29.4. The van der Waals surface area contributed by atoms with Crippen LogP contribution in [0.1, 0.15) is 6.23 Å². The minimum absolute atomic E-state index is 0.548. The zero-order valence-electron chi connectivity index (χ0n) is 10.1. The van der Waals surface area contributed by atoms with Crippen LogP contribution in [0.4, 0.5) is 0 Å². The maximum atomic E-state index is 11.6. The Morgan fingerprint density at radius 3 is 2.80 bits per heavy atom. The van der Waals surface area contributed by atoms with Crippen molar-refractivity contribution in [2.75, 3.05) is 0 Å². The van der Waals surface area contributed by atoms with Crippen LogP contribution < -0.4 is 11.2 Å². The van der Waals surface area contributed by atoms with Gasteiger partial charge in [-0.3, -0.25) is 14.3 Å². The summed E-state index contributed by atoms with van der Waals surface area (Å²) in [5, 5.41) is 19.8. The van der Waals surface area contributed by atoms with Crippen LogP contribution in [-0.4, -0.2) is 38.1 Å². The van der Waals surface area contributed by atoms with Crippen molar-refractivity contribution in [3.8, 4) is 9.85 Å². The molecule has 4 atom stereocenters. The Hall–Kier alpha value is -1.41. The Morgan fingerprint density at radius 1 is 1.40 bits per heavy atom. The van der Waals surface area contributed by atoms with Crippen LogP contribution in [0.3, 0.4) is 0 Å². The largest absolute Gasteiger partial charge is 0.387 e. The highest BCUT2D eigenvalue weighted by atomic mass is 127. The summed E-state index contributed by atoms with van der Waals surface area (Å²) in [6.07, 6.45) is -0.144. The second-order valence-electron chi connectivity index (χ2n) is 4.09. The third-order valence-electron chi connectivity index (χ3n) is 2.82. The van der Waals surface area contributed by atoms with E-state index in [0.29, 0.717) is 0 Å². The summed E-state index contributed by atoms with van der Waals surface area (Å²) in [7, 11) is 0. The van der Waals surface area contributed by atoms with E-state index >= 15 is 0 Å². The van der Waals surface area contributed by atoms with Gasteiger partial charge in [-0.2, -0.15) is 0 Å². The van der Waals surface area contributed by atoms with E-state index in [4.69, 9.17) is 4.74 Å². The van der Waals surface area contributed by atoms with Crippen molar-refractivity contribution in [2.45, 2.75) is 24.5 Å². The first kappa shape index (κ1) is 15.0. The molecule has 1 aromatic rings. The van der Waals surface area contributed by atoms with Crippen LogP contribution in [0.25, 0.3) is 0 Å². The minimum atomic E-state index is -1.29. The smallest absolute Gasteiger partial charge is 0.330 e. The third kappa shape index (κ3) is 3.01. The monoisotopic (exact) mass is 390 g/mol. The highest BCUT2D eigenvalue weighted by Gasteiger charge is 2.42. The van der Waals surface area contributed by atoms with Gasteiger partial charge >= 0.3 is 5.69 Å². The fraction of sp³-hybridized carbons (Fsp3) is 0.333. The van der Waals surface area contributed by atoms with Gasteiger partial charge in [0.2, 0.25) is 0 Å². The van der Waals surface area contributed by atoms with Crippen molar-refractivity contribution >= 4 is 22.6 Å². The zero-order chi connectivity index (χ0) is 14.7. The van der Waals surface area contributed by atoms with Crippen molar-refractivity contribution in [3.63, 3.8) is 0 Å². The van der Waals surface area contributed by atoms with E-state index in [1.807, 2.05) is 22.6 Å². The Bertz CT molecular complexity index is 683. The number of aromatic nitrogens is 2. The summed E-state index contributed by atoms with van der Waals surface area (Å²) in [5.74, 6) is 2.65. The third-order valence-corrected chi connectivity index (χ3v) is 3.14. The molecule has 3 N–H and O–H groups in total. The van der Waals surface area contributed by atoms with E-state index in [0.717, 1.165) is 10.6 Å². The Balaban J connectivity index is 2.27. The molecule has 0 radical (unpaired) electrons. The predicted octanol–water partition coefficient (Wildman–Crippen LogP) is -0.892. The van der Waals surface area contributed by atoms with Gasteiger partial charge in [-0.1, -0.05) is 5.92 Å². The number of aliphatic hydroxyl groups is 2. The highest BCUT2D eigenvalue weighted by molar-refractivity contribution is 14.1. The fourth-order valence-corrected chi connectivity index (χ4v) is 2.06. The Labute approximate surface area is 127 Å². The highest BCUT2D eigenvalue weighted by Crippen LogP contribution is 2.28. The first-order chi connectivity index (χ1) is 9.54. The fourth-order valence-electron chi connectivity index (χ4n) is 1.88.